The van der Waals surface area contributed by atoms with Crippen molar-refractivity contribution in [1.29, 1.82) is 0 Å². The van der Waals surface area contributed by atoms with E-state index in [1.807, 2.05) is 12.1 Å². The summed E-state index contributed by atoms with van der Waals surface area (Å²) in [6.45, 7) is 2.11. The number of hydrogen-bond acceptors (Lipinski definition) is 2. The Balaban J connectivity index is 2.80. The summed E-state index contributed by atoms with van der Waals surface area (Å²) < 4.78 is 6.60. The molecule has 0 saturated heterocycles. The minimum atomic E-state index is 0.377. The third-order valence-electron chi connectivity index (χ3n) is 2.35. The molecule has 0 aliphatic carbocycles. The molecule has 0 amide bonds. The van der Waals surface area contributed by atoms with Crippen LogP contribution in [0, 0.1) is 15.9 Å². The lowest BCUT2D eigenvalue weighted by molar-refractivity contribution is -0.104. The average molecular weight is 387 g/mol. The first kappa shape index (κ1) is 15.8. The summed E-state index contributed by atoms with van der Waals surface area (Å²) in [6.07, 6.45) is 8.83. The van der Waals surface area contributed by atoms with Crippen molar-refractivity contribution in [2.45, 2.75) is 13.5 Å². The fourth-order valence-electron chi connectivity index (χ4n) is 1.29. The molecule has 1 aromatic carbocycles. The summed E-state index contributed by atoms with van der Waals surface area (Å²) in [5.74, 6) is 2.87. The zero-order valence-electron chi connectivity index (χ0n) is 10.3. The Kier molecular flexibility index (Phi) is 6.68. The number of aldehydes is 1. The Morgan fingerprint density at radius 2 is 2.32 bits per heavy atom. The predicted octanol–water partition coefficient (Wildman–Crippen LogP) is 4.12. The molecule has 0 aliphatic heterocycles. The number of carbonyl (C=O) groups is 1. The number of terminal acetylenes is 1. The molecule has 0 aliphatic rings. The van der Waals surface area contributed by atoms with Crippen LogP contribution in [0.15, 0.2) is 41.7 Å². The summed E-state index contributed by atoms with van der Waals surface area (Å²) in [6, 6.07) is 5.56. The van der Waals surface area contributed by atoms with Crippen molar-refractivity contribution in [2.75, 3.05) is 0 Å². The van der Waals surface area contributed by atoms with Crippen molar-refractivity contribution in [2.24, 2.45) is 0 Å². The molecule has 0 heterocycles. The van der Waals surface area contributed by atoms with E-state index < -0.39 is 0 Å². The molecule has 0 saturated carbocycles. The fraction of sp³-hybridized carbons (Fsp3) is 0.133. The molecular weight excluding hydrogens is 375 g/mol. The van der Waals surface area contributed by atoms with Crippen LogP contribution in [-0.4, -0.2) is 6.29 Å². The van der Waals surface area contributed by atoms with Crippen LogP contribution >= 0.6 is 34.2 Å². The van der Waals surface area contributed by atoms with Gasteiger partial charge in [-0.25, -0.2) is 0 Å². The Morgan fingerprint density at radius 1 is 1.58 bits per heavy atom. The average Bonchev–Trinajstić information content (AvgIpc) is 2.38. The predicted molar refractivity (Wildman–Crippen MR) is 85.7 cm³/mol. The van der Waals surface area contributed by atoms with Gasteiger partial charge in [0.15, 0.2) is 6.29 Å². The van der Waals surface area contributed by atoms with Gasteiger partial charge in [-0.2, -0.15) is 0 Å². The SMILES string of the molecule is C#C/C=C\C(C=O)=C(/C)OCc1ccc(Cl)cc1I. The first-order valence-electron chi connectivity index (χ1n) is 5.44. The van der Waals surface area contributed by atoms with Gasteiger partial charge in [-0.3, -0.25) is 4.79 Å². The van der Waals surface area contributed by atoms with Gasteiger partial charge in [0.25, 0.3) is 0 Å². The highest BCUT2D eigenvalue weighted by Crippen LogP contribution is 2.20. The van der Waals surface area contributed by atoms with Gasteiger partial charge in [0, 0.05) is 14.2 Å². The van der Waals surface area contributed by atoms with Crippen molar-refractivity contribution in [3.8, 4) is 12.3 Å². The number of halogens is 2. The van der Waals surface area contributed by atoms with Gasteiger partial charge in [0.2, 0.25) is 0 Å². The molecular formula is C15H12ClIO2. The van der Waals surface area contributed by atoms with Gasteiger partial charge in [-0.15, -0.1) is 6.42 Å². The second kappa shape index (κ2) is 8.03. The summed E-state index contributed by atoms with van der Waals surface area (Å²) in [7, 11) is 0. The molecule has 0 N–H and O–H groups in total. The Hall–Kier alpha value is -1.25. The van der Waals surface area contributed by atoms with Gasteiger partial charge in [-0.1, -0.05) is 23.6 Å². The first-order chi connectivity index (χ1) is 9.08. The molecule has 0 radical (unpaired) electrons. The highest BCUT2D eigenvalue weighted by molar-refractivity contribution is 14.1. The molecule has 2 nitrogen and oxygen atoms in total. The molecule has 0 fully saturated rings. The van der Waals surface area contributed by atoms with E-state index in [1.165, 1.54) is 6.08 Å². The van der Waals surface area contributed by atoms with Crippen LogP contribution < -0.4 is 0 Å². The zero-order valence-corrected chi connectivity index (χ0v) is 13.2. The number of rotatable bonds is 5. The van der Waals surface area contributed by atoms with E-state index in [2.05, 4.69) is 28.5 Å². The van der Waals surface area contributed by atoms with Gasteiger partial charge < -0.3 is 4.74 Å². The third kappa shape index (κ3) is 5.09. The fourth-order valence-corrected chi connectivity index (χ4v) is 2.31. The number of carbonyl (C=O) groups excluding carboxylic acids is 1. The van der Waals surface area contributed by atoms with Crippen molar-refractivity contribution in [1.82, 2.24) is 0 Å². The van der Waals surface area contributed by atoms with E-state index in [0.717, 1.165) is 15.4 Å². The van der Waals surface area contributed by atoms with Gasteiger partial charge in [0.1, 0.15) is 12.4 Å². The molecule has 4 heteroatoms. The lowest BCUT2D eigenvalue weighted by Crippen LogP contribution is -1.97. The van der Waals surface area contributed by atoms with Crippen LogP contribution in [0.25, 0.3) is 0 Å². The maximum absolute atomic E-state index is 10.9. The number of allylic oxidation sites excluding steroid dienone is 4. The highest BCUT2D eigenvalue weighted by Gasteiger charge is 2.04. The summed E-state index contributed by atoms with van der Waals surface area (Å²) >= 11 is 8.07. The van der Waals surface area contributed by atoms with Crippen molar-refractivity contribution in [3.05, 3.63) is 55.8 Å². The van der Waals surface area contributed by atoms with E-state index in [-0.39, 0.29) is 0 Å². The molecule has 1 rings (SSSR count). The summed E-state index contributed by atoms with van der Waals surface area (Å²) in [4.78, 5) is 10.9. The molecule has 0 bridgehead atoms. The first-order valence-corrected chi connectivity index (χ1v) is 6.89. The number of benzene rings is 1. The minimum Gasteiger partial charge on any atom is -0.493 e. The number of hydrogen-bond donors (Lipinski definition) is 0. The van der Waals surface area contributed by atoms with Crippen LogP contribution in [0.2, 0.25) is 5.02 Å². The monoisotopic (exact) mass is 386 g/mol. The van der Waals surface area contributed by atoms with Crippen LogP contribution in [0.3, 0.4) is 0 Å². The van der Waals surface area contributed by atoms with Crippen molar-refractivity contribution < 1.29 is 9.53 Å². The second-order valence-corrected chi connectivity index (χ2v) is 5.25. The molecule has 19 heavy (non-hydrogen) atoms. The minimum absolute atomic E-state index is 0.377. The smallest absolute Gasteiger partial charge is 0.153 e. The zero-order chi connectivity index (χ0) is 14.3. The molecule has 0 spiro atoms. The highest BCUT2D eigenvalue weighted by atomic mass is 127. The van der Waals surface area contributed by atoms with Crippen LogP contribution in [0.1, 0.15) is 12.5 Å². The Labute approximate surface area is 131 Å². The normalized spacial score (nSPS) is 11.9. The quantitative estimate of drug-likeness (QED) is 0.190. The molecule has 0 aromatic heterocycles. The third-order valence-corrected chi connectivity index (χ3v) is 3.59. The van der Waals surface area contributed by atoms with E-state index in [1.54, 1.807) is 19.1 Å². The Bertz CT molecular complexity index is 568. The molecule has 1 aromatic rings. The Morgan fingerprint density at radius 3 is 2.89 bits per heavy atom. The van der Waals surface area contributed by atoms with Crippen molar-refractivity contribution in [3.63, 3.8) is 0 Å². The second-order valence-electron chi connectivity index (χ2n) is 3.65. The van der Waals surface area contributed by atoms with E-state index in [9.17, 15) is 4.79 Å². The lowest BCUT2D eigenvalue weighted by Gasteiger charge is -2.09. The van der Waals surface area contributed by atoms with E-state index in [0.29, 0.717) is 23.0 Å². The molecule has 0 atom stereocenters. The van der Waals surface area contributed by atoms with Crippen LogP contribution in [-0.2, 0) is 16.1 Å². The maximum Gasteiger partial charge on any atom is 0.153 e. The van der Waals surface area contributed by atoms with Crippen LogP contribution in [0.4, 0.5) is 0 Å². The van der Waals surface area contributed by atoms with E-state index >= 15 is 0 Å². The summed E-state index contributed by atoms with van der Waals surface area (Å²) in [5.41, 5.74) is 1.44. The van der Waals surface area contributed by atoms with Gasteiger partial charge in [0.05, 0.1) is 5.57 Å². The number of ether oxygens (including phenoxy) is 1. The van der Waals surface area contributed by atoms with Gasteiger partial charge >= 0.3 is 0 Å². The van der Waals surface area contributed by atoms with Crippen molar-refractivity contribution >= 4 is 40.5 Å². The molecule has 0 unspecified atom stereocenters. The summed E-state index contributed by atoms with van der Waals surface area (Å²) in [5, 5.41) is 0.686. The largest absolute Gasteiger partial charge is 0.493 e. The molecule has 98 valence electrons. The van der Waals surface area contributed by atoms with Crippen LogP contribution in [0.5, 0.6) is 0 Å². The maximum atomic E-state index is 10.9. The lowest BCUT2D eigenvalue weighted by atomic mass is 10.2. The van der Waals surface area contributed by atoms with Gasteiger partial charge in [-0.05, 0) is 53.8 Å². The standard InChI is InChI=1S/C15H12ClIO2/c1-3-4-5-12(9-18)11(2)19-10-13-6-7-14(16)8-15(13)17/h1,4-9H,10H2,2H3/b5-4-,12-11-. The van der Waals surface area contributed by atoms with E-state index in [4.69, 9.17) is 22.8 Å². The topological polar surface area (TPSA) is 26.3 Å².